The van der Waals surface area contributed by atoms with Crippen molar-refractivity contribution in [3.05, 3.63) is 85.2 Å². The van der Waals surface area contributed by atoms with E-state index < -0.39 is 29.9 Å². The molecule has 0 aliphatic rings. The van der Waals surface area contributed by atoms with Gasteiger partial charge >= 0.3 is 5.97 Å². The van der Waals surface area contributed by atoms with Crippen LogP contribution in [-0.2, 0) is 37.0 Å². The standard InChI is InChI=1S/C27H35N3O6/c1-4-6-10-15-30-16-11-14-24(30)26(32)28-22(19-34-3)25(31)29-23(20-35-17-5-2)27(33)36-18-21-12-8-7-9-13-21/h4-5,7-9,11-14,16,22-23H,1-2,6,10,15,17-20H2,3H3,(H,28,32)(H,29,31)/t22-,23-/m0/s1. The van der Waals surface area contributed by atoms with Crippen molar-refractivity contribution in [1.29, 1.82) is 0 Å². The summed E-state index contributed by atoms with van der Waals surface area (Å²) < 4.78 is 17.7. The zero-order valence-corrected chi connectivity index (χ0v) is 20.7. The summed E-state index contributed by atoms with van der Waals surface area (Å²) in [5, 5.41) is 5.31. The molecule has 194 valence electrons. The molecule has 2 rings (SSSR count). The van der Waals surface area contributed by atoms with E-state index in [4.69, 9.17) is 14.2 Å². The third kappa shape index (κ3) is 9.52. The van der Waals surface area contributed by atoms with Gasteiger partial charge in [0.25, 0.3) is 5.91 Å². The third-order valence-corrected chi connectivity index (χ3v) is 5.17. The summed E-state index contributed by atoms with van der Waals surface area (Å²) in [7, 11) is 1.42. The van der Waals surface area contributed by atoms with Crippen molar-refractivity contribution in [3.8, 4) is 0 Å². The van der Waals surface area contributed by atoms with Crippen molar-refractivity contribution in [2.45, 2.75) is 38.1 Å². The van der Waals surface area contributed by atoms with Gasteiger partial charge in [-0.15, -0.1) is 13.2 Å². The lowest BCUT2D eigenvalue weighted by Crippen LogP contribution is -2.55. The van der Waals surface area contributed by atoms with Crippen LogP contribution in [0.1, 0.15) is 28.9 Å². The van der Waals surface area contributed by atoms with Gasteiger partial charge in [-0.3, -0.25) is 9.59 Å². The second-order valence-corrected chi connectivity index (χ2v) is 7.98. The molecular formula is C27H35N3O6. The molecule has 9 nitrogen and oxygen atoms in total. The van der Waals surface area contributed by atoms with Crippen LogP contribution in [0.3, 0.4) is 0 Å². The molecule has 0 saturated carbocycles. The minimum absolute atomic E-state index is 0.0502. The Morgan fingerprint density at radius 1 is 1.00 bits per heavy atom. The molecule has 2 N–H and O–H groups in total. The van der Waals surface area contributed by atoms with E-state index in [-0.39, 0.29) is 26.4 Å². The molecule has 0 saturated heterocycles. The lowest BCUT2D eigenvalue weighted by atomic mass is 10.2. The molecule has 0 bridgehead atoms. The molecule has 0 radical (unpaired) electrons. The Morgan fingerprint density at radius 2 is 1.78 bits per heavy atom. The van der Waals surface area contributed by atoms with Gasteiger partial charge in [0, 0.05) is 19.9 Å². The van der Waals surface area contributed by atoms with Gasteiger partial charge in [-0.1, -0.05) is 42.5 Å². The van der Waals surface area contributed by atoms with Crippen molar-refractivity contribution in [1.82, 2.24) is 15.2 Å². The summed E-state index contributed by atoms with van der Waals surface area (Å²) in [5.41, 5.74) is 1.23. The average Bonchev–Trinajstić information content (AvgIpc) is 3.36. The van der Waals surface area contributed by atoms with E-state index >= 15 is 0 Å². The Labute approximate surface area is 212 Å². The van der Waals surface area contributed by atoms with Crippen LogP contribution in [0.2, 0.25) is 0 Å². The SMILES string of the molecule is C=CCCCn1cccc1C(=O)N[C@@H](COC)C(=O)N[C@@H](COCC=C)C(=O)OCc1ccccc1. The van der Waals surface area contributed by atoms with Crippen molar-refractivity contribution in [3.63, 3.8) is 0 Å². The van der Waals surface area contributed by atoms with Crippen LogP contribution in [0.5, 0.6) is 0 Å². The second kappa shape index (κ2) is 16.1. The molecule has 36 heavy (non-hydrogen) atoms. The topological polar surface area (TPSA) is 108 Å². The van der Waals surface area contributed by atoms with Crippen LogP contribution in [0.4, 0.5) is 0 Å². The molecule has 2 amide bonds. The van der Waals surface area contributed by atoms with Crippen molar-refractivity contribution in [2.75, 3.05) is 26.9 Å². The summed E-state index contributed by atoms with van der Waals surface area (Å²) in [6.45, 7) is 7.96. The normalized spacial score (nSPS) is 12.2. The van der Waals surface area contributed by atoms with E-state index in [1.807, 2.05) is 41.0 Å². The maximum absolute atomic E-state index is 13.0. The number of benzene rings is 1. The summed E-state index contributed by atoms with van der Waals surface area (Å²) in [6, 6.07) is 10.5. The van der Waals surface area contributed by atoms with Crippen molar-refractivity contribution < 1.29 is 28.6 Å². The summed E-state index contributed by atoms with van der Waals surface area (Å²) in [4.78, 5) is 38.7. The summed E-state index contributed by atoms with van der Waals surface area (Å²) in [6.07, 6.45) is 6.81. The number of carbonyl (C=O) groups excluding carboxylic acids is 3. The lowest BCUT2D eigenvalue weighted by molar-refractivity contribution is -0.151. The number of rotatable bonds is 17. The number of nitrogens with zero attached hydrogens (tertiary/aromatic N) is 1. The second-order valence-electron chi connectivity index (χ2n) is 7.98. The minimum Gasteiger partial charge on any atom is -0.459 e. The van der Waals surface area contributed by atoms with Gasteiger partial charge in [-0.25, -0.2) is 4.79 Å². The van der Waals surface area contributed by atoms with Crippen molar-refractivity contribution in [2.24, 2.45) is 0 Å². The Kier molecular flexibility index (Phi) is 12.7. The smallest absolute Gasteiger partial charge is 0.331 e. The average molecular weight is 498 g/mol. The number of ether oxygens (including phenoxy) is 3. The van der Waals surface area contributed by atoms with Crippen LogP contribution in [-0.4, -0.2) is 61.4 Å². The number of amides is 2. The van der Waals surface area contributed by atoms with E-state index in [1.165, 1.54) is 13.2 Å². The van der Waals surface area contributed by atoms with Crippen LogP contribution in [0.25, 0.3) is 0 Å². The Bertz CT molecular complexity index is 988. The fraction of sp³-hybridized carbons (Fsp3) is 0.370. The Hall–Kier alpha value is -3.69. The zero-order chi connectivity index (χ0) is 26.2. The van der Waals surface area contributed by atoms with Gasteiger partial charge in [-0.05, 0) is 30.5 Å². The lowest BCUT2D eigenvalue weighted by Gasteiger charge is -2.22. The molecule has 0 aliphatic heterocycles. The Balaban J connectivity index is 2.05. The quantitative estimate of drug-likeness (QED) is 0.198. The molecule has 9 heteroatoms. The van der Waals surface area contributed by atoms with E-state index in [2.05, 4.69) is 23.8 Å². The number of aryl methyl sites for hydroxylation is 1. The van der Waals surface area contributed by atoms with Gasteiger partial charge in [0.1, 0.15) is 18.3 Å². The van der Waals surface area contributed by atoms with Gasteiger partial charge in [0.2, 0.25) is 5.91 Å². The molecule has 2 atom stereocenters. The first kappa shape index (κ1) is 28.5. The number of methoxy groups -OCH3 is 1. The van der Waals surface area contributed by atoms with E-state index in [0.717, 1.165) is 18.4 Å². The monoisotopic (exact) mass is 497 g/mol. The molecule has 0 fully saturated rings. The fourth-order valence-corrected chi connectivity index (χ4v) is 3.34. The molecule has 1 aromatic carbocycles. The van der Waals surface area contributed by atoms with Gasteiger partial charge in [0.05, 0.1) is 19.8 Å². The highest BCUT2D eigenvalue weighted by Crippen LogP contribution is 2.07. The summed E-state index contributed by atoms with van der Waals surface area (Å²) in [5.74, 6) is -1.68. The first-order valence-electron chi connectivity index (χ1n) is 11.8. The van der Waals surface area contributed by atoms with Gasteiger partial charge in [-0.2, -0.15) is 0 Å². The van der Waals surface area contributed by atoms with Crippen LogP contribution in [0, 0.1) is 0 Å². The fourth-order valence-electron chi connectivity index (χ4n) is 3.34. The first-order chi connectivity index (χ1) is 17.5. The molecule has 2 aromatic rings. The highest BCUT2D eigenvalue weighted by Gasteiger charge is 2.29. The number of unbranched alkanes of at least 4 members (excludes halogenated alkanes) is 1. The Morgan fingerprint density at radius 3 is 2.47 bits per heavy atom. The van der Waals surface area contributed by atoms with Crippen molar-refractivity contribution >= 4 is 17.8 Å². The minimum atomic E-state index is -1.08. The number of hydrogen-bond donors (Lipinski definition) is 2. The highest BCUT2D eigenvalue weighted by atomic mass is 16.5. The molecule has 1 aromatic heterocycles. The predicted molar refractivity (Wildman–Crippen MR) is 136 cm³/mol. The molecule has 0 spiro atoms. The molecule has 1 heterocycles. The van der Waals surface area contributed by atoms with Crippen LogP contribution in [0.15, 0.2) is 74.0 Å². The summed E-state index contributed by atoms with van der Waals surface area (Å²) >= 11 is 0. The number of esters is 1. The number of allylic oxidation sites excluding steroid dienone is 1. The largest absolute Gasteiger partial charge is 0.459 e. The molecular weight excluding hydrogens is 462 g/mol. The predicted octanol–water partition coefficient (Wildman–Crippen LogP) is 2.63. The zero-order valence-electron chi connectivity index (χ0n) is 20.7. The maximum atomic E-state index is 13.0. The number of carbonyl (C=O) groups is 3. The van der Waals surface area contributed by atoms with Gasteiger partial charge < -0.3 is 29.4 Å². The van der Waals surface area contributed by atoms with E-state index in [9.17, 15) is 14.4 Å². The highest BCUT2D eigenvalue weighted by molar-refractivity contribution is 5.97. The van der Waals surface area contributed by atoms with Gasteiger partial charge in [0.15, 0.2) is 6.04 Å². The number of nitrogens with one attached hydrogen (secondary N) is 2. The number of aromatic nitrogens is 1. The van der Waals surface area contributed by atoms with Crippen LogP contribution >= 0.6 is 0 Å². The van der Waals surface area contributed by atoms with E-state index in [1.54, 1.807) is 18.3 Å². The molecule has 0 aliphatic carbocycles. The van der Waals surface area contributed by atoms with E-state index in [0.29, 0.717) is 12.2 Å². The maximum Gasteiger partial charge on any atom is 0.331 e. The van der Waals surface area contributed by atoms with Crippen LogP contribution < -0.4 is 10.6 Å². The molecule has 0 unspecified atom stereocenters. The number of hydrogen-bond acceptors (Lipinski definition) is 6. The first-order valence-corrected chi connectivity index (χ1v) is 11.8. The third-order valence-electron chi connectivity index (χ3n) is 5.17.